The van der Waals surface area contributed by atoms with Gasteiger partial charge in [0, 0.05) is 54.8 Å². The lowest BCUT2D eigenvalue weighted by Gasteiger charge is -2.16. The molecule has 8 heteroatoms. The highest BCUT2D eigenvalue weighted by atomic mass is 16.2. The first-order chi connectivity index (χ1) is 13.6. The van der Waals surface area contributed by atoms with Crippen molar-refractivity contribution >= 4 is 22.5 Å². The fourth-order valence-electron chi connectivity index (χ4n) is 3.29. The zero-order valence-corrected chi connectivity index (χ0v) is 15.3. The topological polar surface area (TPSA) is 122 Å². The van der Waals surface area contributed by atoms with E-state index in [4.69, 9.17) is 5.73 Å². The number of carbonyl (C=O) groups is 1. The molecule has 0 aliphatic carbocycles. The number of aromatic nitrogens is 4. The van der Waals surface area contributed by atoms with Crippen LogP contribution in [0.25, 0.3) is 22.0 Å². The monoisotopic (exact) mass is 376 g/mol. The van der Waals surface area contributed by atoms with Crippen LogP contribution in [0.1, 0.15) is 11.5 Å². The summed E-state index contributed by atoms with van der Waals surface area (Å²) in [6.07, 6.45) is 7.07. The summed E-state index contributed by atoms with van der Waals surface area (Å²) in [5.41, 5.74) is 9.66. The van der Waals surface area contributed by atoms with Crippen LogP contribution in [0.2, 0.25) is 0 Å². The highest BCUT2D eigenvalue weighted by Crippen LogP contribution is 2.32. The average molecular weight is 376 g/mol. The molecule has 0 saturated heterocycles. The first-order valence-corrected chi connectivity index (χ1v) is 8.85. The molecule has 1 amide bonds. The number of aryl methyl sites for hydroxylation is 1. The first kappa shape index (κ1) is 17.7. The highest BCUT2D eigenvalue weighted by molar-refractivity contribution is 6.07. The van der Waals surface area contributed by atoms with Crippen molar-refractivity contribution in [1.29, 1.82) is 0 Å². The second-order valence-electron chi connectivity index (χ2n) is 6.60. The summed E-state index contributed by atoms with van der Waals surface area (Å²) in [5.74, 6) is -0.879. The van der Waals surface area contributed by atoms with Crippen LogP contribution < -0.4 is 16.6 Å². The predicted octanol–water partition coefficient (Wildman–Crippen LogP) is 1.94. The molecule has 1 unspecified atom stereocenters. The zero-order valence-electron chi connectivity index (χ0n) is 15.3. The molecule has 142 valence electrons. The predicted molar refractivity (Wildman–Crippen MR) is 108 cm³/mol. The molecular formula is C20H20N6O2. The fourth-order valence-corrected chi connectivity index (χ4v) is 3.29. The second-order valence-corrected chi connectivity index (χ2v) is 6.60. The number of rotatable bonds is 5. The van der Waals surface area contributed by atoms with Crippen molar-refractivity contribution in [3.05, 3.63) is 71.0 Å². The van der Waals surface area contributed by atoms with Gasteiger partial charge in [0.05, 0.1) is 23.3 Å². The van der Waals surface area contributed by atoms with Gasteiger partial charge in [-0.05, 0) is 17.7 Å². The van der Waals surface area contributed by atoms with Crippen molar-refractivity contribution < 1.29 is 4.79 Å². The second kappa shape index (κ2) is 7.16. The maximum absolute atomic E-state index is 12.9. The molecule has 4 aromatic rings. The molecule has 3 aromatic heterocycles. The normalized spacial score (nSPS) is 12.2. The van der Waals surface area contributed by atoms with Gasteiger partial charge in [-0.2, -0.15) is 5.10 Å². The maximum Gasteiger partial charge on any atom is 0.250 e. The first-order valence-electron chi connectivity index (χ1n) is 8.85. The van der Waals surface area contributed by atoms with E-state index in [1.165, 1.54) is 10.6 Å². The van der Waals surface area contributed by atoms with Crippen LogP contribution in [0.4, 0.5) is 5.69 Å². The van der Waals surface area contributed by atoms with Gasteiger partial charge < -0.3 is 20.6 Å². The minimum atomic E-state index is -0.618. The van der Waals surface area contributed by atoms with Gasteiger partial charge in [-0.3, -0.25) is 14.7 Å². The lowest BCUT2D eigenvalue weighted by Crippen LogP contribution is -2.29. The number of H-pyrrole nitrogens is 2. The molecule has 0 saturated carbocycles. The Hall–Kier alpha value is -3.65. The van der Waals surface area contributed by atoms with Crippen LogP contribution in [-0.4, -0.2) is 32.2 Å². The quantitative estimate of drug-likeness (QED) is 0.425. The number of carbonyl (C=O) groups excluding carboxylic acids is 1. The molecule has 0 bridgehead atoms. The van der Waals surface area contributed by atoms with Crippen LogP contribution in [0.15, 0.2) is 59.9 Å². The molecule has 8 nitrogen and oxygen atoms in total. The minimum absolute atomic E-state index is 0.0972. The Bertz CT molecular complexity index is 1190. The number of anilines is 1. The SMILES string of the molecule is Cn1ccc(C(CN)C(=O)Nc2cccc3c(-c4cn[nH]c4)c[nH]c23)cc1=O. The minimum Gasteiger partial charge on any atom is -0.359 e. The lowest BCUT2D eigenvalue weighted by atomic mass is 9.99. The number of nitrogens with zero attached hydrogens (tertiary/aromatic N) is 2. The summed E-state index contributed by atoms with van der Waals surface area (Å²) in [4.78, 5) is 28.0. The fraction of sp³-hybridized carbons (Fsp3) is 0.150. The van der Waals surface area contributed by atoms with Gasteiger partial charge in [-0.15, -0.1) is 0 Å². The van der Waals surface area contributed by atoms with Crippen LogP contribution in [-0.2, 0) is 11.8 Å². The summed E-state index contributed by atoms with van der Waals surface area (Å²) in [7, 11) is 1.66. The molecule has 5 N–H and O–H groups in total. The maximum atomic E-state index is 12.9. The van der Waals surface area contributed by atoms with E-state index in [0.29, 0.717) is 11.3 Å². The number of pyridine rings is 1. The van der Waals surface area contributed by atoms with E-state index in [1.807, 2.05) is 30.6 Å². The average Bonchev–Trinajstić information content (AvgIpc) is 3.35. The van der Waals surface area contributed by atoms with Crippen LogP contribution in [0.3, 0.4) is 0 Å². The molecule has 0 aliphatic heterocycles. The molecule has 4 rings (SSSR count). The van der Waals surface area contributed by atoms with Crippen LogP contribution in [0, 0.1) is 0 Å². The molecule has 1 atom stereocenters. The summed E-state index contributed by atoms with van der Waals surface area (Å²) < 4.78 is 1.45. The number of benzene rings is 1. The van der Waals surface area contributed by atoms with Gasteiger partial charge in [-0.1, -0.05) is 12.1 Å². The van der Waals surface area contributed by atoms with Crippen molar-refractivity contribution in [3.63, 3.8) is 0 Å². The Kier molecular flexibility index (Phi) is 4.54. The van der Waals surface area contributed by atoms with Crippen molar-refractivity contribution in [2.45, 2.75) is 5.92 Å². The van der Waals surface area contributed by atoms with Crippen molar-refractivity contribution in [3.8, 4) is 11.1 Å². The van der Waals surface area contributed by atoms with Crippen LogP contribution in [0.5, 0.6) is 0 Å². The van der Waals surface area contributed by atoms with E-state index in [0.717, 1.165) is 22.0 Å². The number of para-hydroxylation sites is 1. The molecule has 0 spiro atoms. The van der Waals surface area contributed by atoms with Gasteiger partial charge in [0.15, 0.2) is 0 Å². The Morgan fingerprint density at radius 1 is 1.32 bits per heavy atom. The van der Waals surface area contributed by atoms with Gasteiger partial charge in [0.1, 0.15) is 0 Å². The highest BCUT2D eigenvalue weighted by Gasteiger charge is 2.21. The van der Waals surface area contributed by atoms with E-state index < -0.39 is 5.92 Å². The Morgan fingerprint density at radius 3 is 2.89 bits per heavy atom. The molecule has 0 radical (unpaired) electrons. The van der Waals surface area contributed by atoms with Gasteiger partial charge >= 0.3 is 0 Å². The number of amides is 1. The Labute approximate surface area is 160 Å². The van der Waals surface area contributed by atoms with Gasteiger partial charge in [0.25, 0.3) is 5.56 Å². The van der Waals surface area contributed by atoms with E-state index in [2.05, 4.69) is 20.5 Å². The van der Waals surface area contributed by atoms with Gasteiger partial charge in [0.2, 0.25) is 5.91 Å². The zero-order chi connectivity index (χ0) is 19.7. The molecular weight excluding hydrogens is 356 g/mol. The Morgan fingerprint density at radius 2 is 2.18 bits per heavy atom. The van der Waals surface area contributed by atoms with Crippen molar-refractivity contribution in [2.24, 2.45) is 12.8 Å². The third-order valence-electron chi connectivity index (χ3n) is 4.87. The summed E-state index contributed by atoms with van der Waals surface area (Å²) in [6, 6.07) is 8.87. The Balaban J connectivity index is 1.66. The molecule has 0 aliphatic rings. The third kappa shape index (κ3) is 3.10. The molecule has 0 fully saturated rings. The largest absolute Gasteiger partial charge is 0.359 e. The third-order valence-corrected chi connectivity index (χ3v) is 4.87. The number of hydrogen-bond donors (Lipinski definition) is 4. The van der Waals surface area contributed by atoms with Gasteiger partial charge in [-0.25, -0.2) is 0 Å². The number of nitrogens with two attached hydrogens (primary N) is 1. The summed E-state index contributed by atoms with van der Waals surface area (Å²) in [6.45, 7) is 0.0972. The number of hydrogen-bond acceptors (Lipinski definition) is 4. The standard InChI is InChI=1S/C20H20N6O2/c1-26-6-5-12(7-18(26)27)15(8-21)20(28)25-17-4-2-3-14-16(11-22-19(14)17)13-9-23-24-10-13/h2-7,9-11,15,22H,8,21H2,1H3,(H,23,24)(H,25,28). The van der Waals surface area contributed by atoms with E-state index in [1.54, 1.807) is 25.5 Å². The molecule has 1 aromatic carbocycles. The number of aromatic amines is 2. The summed E-state index contributed by atoms with van der Waals surface area (Å²) >= 11 is 0. The van der Waals surface area contributed by atoms with Crippen molar-refractivity contribution in [2.75, 3.05) is 11.9 Å². The molecule has 3 heterocycles. The smallest absolute Gasteiger partial charge is 0.250 e. The number of nitrogens with one attached hydrogen (secondary N) is 3. The number of fused-ring (bicyclic) bond motifs is 1. The van der Waals surface area contributed by atoms with Crippen molar-refractivity contribution in [1.82, 2.24) is 19.7 Å². The van der Waals surface area contributed by atoms with Crippen LogP contribution >= 0.6 is 0 Å². The van der Waals surface area contributed by atoms with E-state index in [9.17, 15) is 9.59 Å². The van der Waals surface area contributed by atoms with E-state index >= 15 is 0 Å². The summed E-state index contributed by atoms with van der Waals surface area (Å²) in [5, 5.41) is 10.7. The van der Waals surface area contributed by atoms with E-state index in [-0.39, 0.29) is 18.0 Å². The lowest BCUT2D eigenvalue weighted by molar-refractivity contribution is -0.117. The molecule has 28 heavy (non-hydrogen) atoms.